The van der Waals surface area contributed by atoms with Gasteiger partial charge in [-0.15, -0.1) is 10.2 Å². The molecule has 6 N–H and O–H groups in total. The molecule has 0 amide bonds. The molecule has 16 nitrogen and oxygen atoms in total. The van der Waals surface area contributed by atoms with Gasteiger partial charge in [0.05, 0.1) is 21.8 Å². The Balaban J connectivity index is 1.45. The van der Waals surface area contributed by atoms with Crippen LogP contribution in [0.25, 0.3) is 21.5 Å². The van der Waals surface area contributed by atoms with Crippen LogP contribution in [0, 0.1) is 6.92 Å². The number of anilines is 4. The third-order valence-electron chi connectivity index (χ3n) is 7.23. The van der Waals surface area contributed by atoms with Gasteiger partial charge in [0.1, 0.15) is 16.3 Å². The van der Waals surface area contributed by atoms with Crippen molar-refractivity contribution in [2.45, 2.75) is 16.7 Å². The average molecular weight is 736 g/mol. The molecule has 0 fully saturated rings. The van der Waals surface area contributed by atoms with Crippen molar-refractivity contribution in [1.29, 1.82) is 0 Å². The van der Waals surface area contributed by atoms with Gasteiger partial charge in [-0.3, -0.25) is 9.11 Å². The molecular weight excluding hydrogens is 714 g/mol. The number of fused-ring (bicyclic) bond motifs is 2. The molecule has 19 heteroatoms. The minimum Gasteiger partial charge on any atom is -0.505 e. The molecule has 0 saturated carbocycles. The lowest BCUT2D eigenvalue weighted by Crippen LogP contribution is -2.08. The van der Waals surface area contributed by atoms with Crippen LogP contribution < -0.4 is 10.6 Å². The van der Waals surface area contributed by atoms with Crippen molar-refractivity contribution >= 4 is 94.0 Å². The minimum atomic E-state index is -4.78. The Bertz CT molecular complexity index is 2640. The first-order valence-corrected chi connectivity index (χ1v) is 17.3. The number of carboxylic acid groups (broad SMARTS) is 1. The summed E-state index contributed by atoms with van der Waals surface area (Å²) in [6.45, 7) is 1.71. The van der Waals surface area contributed by atoms with E-state index in [1.165, 1.54) is 36.4 Å². The number of rotatable bonds is 9. The van der Waals surface area contributed by atoms with E-state index >= 15 is 0 Å². The van der Waals surface area contributed by atoms with Crippen LogP contribution >= 0.6 is 11.6 Å². The highest BCUT2D eigenvalue weighted by Crippen LogP contribution is 2.42. The fourth-order valence-corrected chi connectivity index (χ4v) is 6.61. The average Bonchev–Trinajstić information content (AvgIpc) is 3.03. The van der Waals surface area contributed by atoms with E-state index in [0.29, 0.717) is 10.9 Å². The number of carbonyl (C=O) groups is 1. The zero-order valence-corrected chi connectivity index (χ0v) is 27.7. The highest BCUT2D eigenvalue weighted by molar-refractivity contribution is 7.86. The van der Waals surface area contributed by atoms with Crippen molar-refractivity contribution in [3.63, 3.8) is 0 Å². The summed E-state index contributed by atoms with van der Waals surface area (Å²) in [5, 5.41) is 34.9. The van der Waals surface area contributed by atoms with E-state index in [4.69, 9.17) is 11.6 Å². The Morgan fingerprint density at radius 2 is 1.40 bits per heavy atom. The van der Waals surface area contributed by atoms with Crippen molar-refractivity contribution in [1.82, 2.24) is 15.0 Å². The molecule has 5 aromatic carbocycles. The van der Waals surface area contributed by atoms with Gasteiger partial charge in [0.15, 0.2) is 5.75 Å². The minimum absolute atomic E-state index is 0.0555. The molecule has 0 atom stereocenters. The van der Waals surface area contributed by atoms with Gasteiger partial charge in [0.2, 0.25) is 17.2 Å². The maximum atomic E-state index is 12.3. The second kappa shape index (κ2) is 12.9. The quantitative estimate of drug-likeness (QED) is 0.0650. The van der Waals surface area contributed by atoms with E-state index in [9.17, 15) is 40.9 Å². The van der Waals surface area contributed by atoms with Crippen molar-refractivity contribution in [3.05, 3.63) is 95.3 Å². The van der Waals surface area contributed by atoms with Crippen LogP contribution in [-0.4, -0.2) is 57.1 Å². The SMILES string of the molecule is Cc1ccc(Nc2nc(Cl)nc(Nc3cc(S(=O)(=O)O)cc4ccc(N=Nc5ccc6ccccc6c5S(=O)(=O)O)c(O)c34)n2)c(C(=O)O)c1. The fourth-order valence-electron chi connectivity index (χ4n) is 5.07. The predicted octanol–water partition coefficient (Wildman–Crippen LogP) is 6.94. The number of aromatic carboxylic acids is 1. The third kappa shape index (κ3) is 7.00. The Labute approximate surface area is 287 Å². The summed E-state index contributed by atoms with van der Waals surface area (Å²) in [7, 11) is -9.56. The lowest BCUT2D eigenvalue weighted by atomic mass is 10.1. The number of aryl methyl sites for hydroxylation is 1. The molecule has 0 radical (unpaired) electrons. The van der Waals surface area contributed by atoms with Gasteiger partial charge in [-0.25, -0.2) is 4.79 Å². The van der Waals surface area contributed by atoms with Crippen molar-refractivity contribution in [2.24, 2.45) is 10.2 Å². The number of nitrogens with one attached hydrogen (secondary N) is 2. The van der Waals surface area contributed by atoms with Gasteiger partial charge in [0, 0.05) is 10.8 Å². The van der Waals surface area contributed by atoms with Gasteiger partial charge in [-0.1, -0.05) is 48.0 Å². The summed E-state index contributed by atoms with van der Waals surface area (Å²) in [6.07, 6.45) is 0. The van der Waals surface area contributed by atoms with Gasteiger partial charge >= 0.3 is 5.97 Å². The number of phenolic OH excluding ortho intramolecular Hbond substituents is 1. The molecular formula is C31H22ClN7O9S2. The lowest BCUT2D eigenvalue weighted by Gasteiger charge is -2.14. The highest BCUT2D eigenvalue weighted by Gasteiger charge is 2.22. The van der Waals surface area contributed by atoms with E-state index in [1.54, 1.807) is 37.3 Å². The maximum absolute atomic E-state index is 12.3. The number of phenols is 1. The number of azo groups is 1. The number of hydrogen-bond acceptors (Lipinski definition) is 13. The summed E-state index contributed by atoms with van der Waals surface area (Å²) in [4.78, 5) is 22.9. The topological polar surface area (TPSA) is 254 Å². The van der Waals surface area contributed by atoms with Crippen LogP contribution in [0.3, 0.4) is 0 Å². The van der Waals surface area contributed by atoms with Crippen molar-refractivity contribution in [3.8, 4) is 5.75 Å². The molecule has 0 bridgehead atoms. The molecule has 0 aliphatic carbocycles. The predicted molar refractivity (Wildman–Crippen MR) is 183 cm³/mol. The van der Waals surface area contributed by atoms with Gasteiger partial charge in [0.25, 0.3) is 20.2 Å². The van der Waals surface area contributed by atoms with E-state index in [2.05, 4.69) is 35.8 Å². The first kappa shape index (κ1) is 34.1. The Morgan fingerprint density at radius 1 is 0.760 bits per heavy atom. The highest BCUT2D eigenvalue weighted by atomic mass is 35.5. The number of benzene rings is 5. The van der Waals surface area contributed by atoms with E-state index in [1.807, 2.05) is 0 Å². The number of hydrogen-bond donors (Lipinski definition) is 6. The second-order valence-corrected chi connectivity index (χ2v) is 13.8. The van der Waals surface area contributed by atoms with E-state index in [0.717, 1.165) is 12.1 Å². The monoisotopic (exact) mass is 735 g/mol. The summed E-state index contributed by atoms with van der Waals surface area (Å²) in [5.74, 6) is -2.26. The van der Waals surface area contributed by atoms with E-state index < -0.39 is 41.7 Å². The van der Waals surface area contributed by atoms with Gasteiger partial charge in [-0.05, 0) is 65.7 Å². The third-order valence-corrected chi connectivity index (χ3v) is 9.17. The summed E-state index contributed by atoms with van der Waals surface area (Å²) >= 11 is 6.14. The van der Waals surface area contributed by atoms with Crippen LogP contribution in [0.4, 0.5) is 34.6 Å². The number of carboxylic acids is 1. The van der Waals surface area contributed by atoms with Gasteiger partial charge in [-0.2, -0.15) is 31.8 Å². The molecule has 0 unspecified atom stereocenters. The smallest absolute Gasteiger partial charge is 0.337 e. The number of nitrogens with zero attached hydrogens (tertiary/aromatic N) is 5. The molecule has 0 aliphatic heterocycles. The maximum Gasteiger partial charge on any atom is 0.337 e. The van der Waals surface area contributed by atoms with Crippen LogP contribution in [-0.2, 0) is 20.2 Å². The first-order valence-electron chi connectivity index (χ1n) is 14.1. The lowest BCUT2D eigenvalue weighted by molar-refractivity contribution is 0.0697. The molecule has 6 rings (SSSR count). The van der Waals surface area contributed by atoms with Crippen molar-refractivity contribution < 1.29 is 40.9 Å². The summed E-state index contributed by atoms with van der Waals surface area (Å²) in [5.41, 5.74) is 0.137. The molecule has 0 spiro atoms. The molecule has 1 heterocycles. The Kier molecular flexibility index (Phi) is 8.80. The molecule has 0 aliphatic rings. The molecule has 6 aromatic rings. The van der Waals surface area contributed by atoms with Crippen LogP contribution in [0.2, 0.25) is 5.28 Å². The first-order chi connectivity index (χ1) is 23.6. The van der Waals surface area contributed by atoms with Crippen LogP contribution in [0.1, 0.15) is 15.9 Å². The second-order valence-electron chi connectivity index (χ2n) is 10.6. The number of halogens is 1. The summed E-state index contributed by atoms with van der Waals surface area (Å²) < 4.78 is 68.8. The molecule has 0 saturated heterocycles. The summed E-state index contributed by atoms with van der Waals surface area (Å²) in [6, 6.07) is 18.5. The number of aromatic nitrogens is 3. The Hall–Kier alpha value is -5.79. The molecule has 1 aromatic heterocycles. The van der Waals surface area contributed by atoms with Gasteiger partial charge < -0.3 is 20.8 Å². The zero-order valence-electron chi connectivity index (χ0n) is 25.3. The zero-order chi connectivity index (χ0) is 36.0. The Morgan fingerprint density at radius 3 is 2.08 bits per heavy atom. The number of aromatic hydroxyl groups is 1. The molecule has 254 valence electrons. The van der Waals surface area contributed by atoms with Crippen LogP contribution in [0.15, 0.2) is 98.9 Å². The molecule has 50 heavy (non-hydrogen) atoms. The standard InChI is InChI=1S/C31H22ClN7O9S2/c1-15-6-9-21(20(12-15)28(41)42)33-30-35-29(32)36-31(37-30)34-24-14-18(49(43,44)45)13-17-8-10-22(26(40)25(17)24)38-39-23-11-7-16-4-2-3-5-19(16)27(23)50(46,47)48/h2-14,40H,1H3,(H,41,42)(H,43,44,45)(H,46,47,48)(H2,33,34,35,36,37). The normalized spacial score (nSPS) is 12.1. The van der Waals surface area contributed by atoms with E-state index in [-0.39, 0.29) is 61.7 Å². The van der Waals surface area contributed by atoms with Crippen LogP contribution in [0.5, 0.6) is 5.75 Å². The fraction of sp³-hybridized carbons (Fsp3) is 0.0323. The largest absolute Gasteiger partial charge is 0.505 e. The van der Waals surface area contributed by atoms with Crippen molar-refractivity contribution in [2.75, 3.05) is 10.6 Å².